The van der Waals surface area contributed by atoms with Gasteiger partial charge in [0.25, 0.3) is 5.69 Å². The Balaban J connectivity index is 1.46. The van der Waals surface area contributed by atoms with Crippen molar-refractivity contribution in [1.82, 2.24) is 14.8 Å². The molecule has 1 aromatic heterocycles. The van der Waals surface area contributed by atoms with Crippen LogP contribution in [0.4, 0.5) is 5.69 Å². The summed E-state index contributed by atoms with van der Waals surface area (Å²) < 4.78 is 6.40. The number of hydrogen-bond donors (Lipinski definition) is 1. The molecule has 3 rings (SSSR count). The van der Waals surface area contributed by atoms with E-state index in [9.17, 15) is 24.5 Å². The van der Waals surface area contributed by atoms with Crippen LogP contribution in [0.2, 0.25) is 0 Å². The van der Waals surface area contributed by atoms with Crippen molar-refractivity contribution < 1.29 is 18.9 Å². The summed E-state index contributed by atoms with van der Waals surface area (Å²) in [6.45, 7) is 2.14. The molecule has 2 amide bonds. The number of hydrogen-bond acceptors (Lipinski definition) is 6. The maximum Gasteiger partial charge on any atom is 0.419 e. The minimum atomic E-state index is -0.618. The van der Waals surface area contributed by atoms with E-state index in [2.05, 4.69) is 5.32 Å². The van der Waals surface area contributed by atoms with Crippen molar-refractivity contribution in [3.05, 3.63) is 38.9 Å². The van der Waals surface area contributed by atoms with Gasteiger partial charge in [-0.25, -0.2) is 4.79 Å². The summed E-state index contributed by atoms with van der Waals surface area (Å²) in [7, 11) is 0. The van der Waals surface area contributed by atoms with Crippen LogP contribution in [0.1, 0.15) is 32.1 Å². The van der Waals surface area contributed by atoms with E-state index < -0.39 is 10.7 Å². The number of fused-ring (bicyclic) bond motifs is 1. The van der Waals surface area contributed by atoms with Crippen molar-refractivity contribution in [2.24, 2.45) is 0 Å². The molecule has 2 aromatic rings. The summed E-state index contributed by atoms with van der Waals surface area (Å²) in [5.74, 6) is -0.749. The second-order valence-corrected chi connectivity index (χ2v) is 6.72. The van der Waals surface area contributed by atoms with Gasteiger partial charge in [-0.3, -0.25) is 24.3 Å². The van der Waals surface area contributed by atoms with Crippen LogP contribution in [0.3, 0.4) is 0 Å². The summed E-state index contributed by atoms with van der Waals surface area (Å²) in [6, 6.07) is 3.97. The highest BCUT2D eigenvalue weighted by Gasteiger charge is 2.17. The Bertz CT molecular complexity index is 941. The lowest BCUT2D eigenvalue weighted by molar-refractivity contribution is -0.384. The second-order valence-electron chi connectivity index (χ2n) is 6.72. The Morgan fingerprint density at radius 2 is 1.96 bits per heavy atom. The van der Waals surface area contributed by atoms with E-state index in [4.69, 9.17) is 4.42 Å². The van der Waals surface area contributed by atoms with Gasteiger partial charge in [0.2, 0.25) is 11.8 Å². The van der Waals surface area contributed by atoms with Crippen LogP contribution in [-0.2, 0) is 16.1 Å². The van der Waals surface area contributed by atoms with Crippen molar-refractivity contribution in [3.8, 4) is 0 Å². The maximum absolute atomic E-state index is 12.0. The Hall–Kier alpha value is -3.17. The van der Waals surface area contributed by atoms with Gasteiger partial charge in [-0.1, -0.05) is 0 Å². The summed E-state index contributed by atoms with van der Waals surface area (Å²) in [5.41, 5.74) is 0.438. The Morgan fingerprint density at radius 1 is 1.21 bits per heavy atom. The number of nitro benzene ring substituents is 1. The van der Waals surface area contributed by atoms with Gasteiger partial charge in [0.15, 0.2) is 5.58 Å². The zero-order valence-electron chi connectivity index (χ0n) is 15.4. The molecule has 0 spiro atoms. The highest BCUT2D eigenvalue weighted by molar-refractivity contribution is 5.79. The zero-order valence-corrected chi connectivity index (χ0v) is 15.4. The Kier molecular flexibility index (Phi) is 6.07. The van der Waals surface area contributed by atoms with Crippen LogP contribution in [0.5, 0.6) is 0 Å². The van der Waals surface area contributed by atoms with Gasteiger partial charge in [-0.2, -0.15) is 0 Å². The molecule has 10 nitrogen and oxygen atoms in total. The lowest BCUT2D eigenvalue weighted by Gasteiger charge is -2.15. The molecular formula is C18H22N4O6. The average molecular weight is 390 g/mol. The number of nitrogens with one attached hydrogen (secondary N) is 1. The highest BCUT2D eigenvalue weighted by Crippen LogP contribution is 2.20. The van der Waals surface area contributed by atoms with Gasteiger partial charge in [0.1, 0.15) is 0 Å². The SMILES string of the molecule is O=C(CCCn1c(=O)oc2cc([N+](=O)[O-])ccc21)NCCC(=O)N1CCCC1. The van der Waals surface area contributed by atoms with E-state index in [1.807, 2.05) is 4.90 Å². The molecule has 0 atom stereocenters. The third-order valence-corrected chi connectivity index (χ3v) is 4.77. The van der Waals surface area contributed by atoms with Crippen molar-refractivity contribution in [3.63, 3.8) is 0 Å². The van der Waals surface area contributed by atoms with E-state index >= 15 is 0 Å². The molecule has 0 bridgehead atoms. The van der Waals surface area contributed by atoms with E-state index in [0.29, 0.717) is 18.5 Å². The second kappa shape index (κ2) is 8.68. The van der Waals surface area contributed by atoms with Crippen LogP contribution in [0.25, 0.3) is 11.1 Å². The normalized spacial score (nSPS) is 13.8. The number of nitro groups is 1. The van der Waals surface area contributed by atoms with Crippen LogP contribution < -0.4 is 11.1 Å². The first-order chi connectivity index (χ1) is 13.5. The van der Waals surface area contributed by atoms with Crippen molar-refractivity contribution in [1.29, 1.82) is 0 Å². The summed E-state index contributed by atoms with van der Waals surface area (Å²) in [6.07, 6.45) is 2.96. The summed E-state index contributed by atoms with van der Waals surface area (Å²) in [4.78, 5) is 47.8. The average Bonchev–Trinajstić information content (AvgIpc) is 3.29. The third-order valence-electron chi connectivity index (χ3n) is 4.77. The fourth-order valence-corrected chi connectivity index (χ4v) is 3.30. The molecule has 1 N–H and O–H groups in total. The number of aromatic nitrogens is 1. The largest absolute Gasteiger partial charge is 0.419 e. The number of carbonyl (C=O) groups is 2. The zero-order chi connectivity index (χ0) is 20.1. The van der Waals surface area contributed by atoms with E-state index in [1.54, 1.807) is 0 Å². The fourth-order valence-electron chi connectivity index (χ4n) is 3.30. The van der Waals surface area contributed by atoms with Crippen molar-refractivity contribution in [2.75, 3.05) is 19.6 Å². The number of aryl methyl sites for hydroxylation is 1. The lowest BCUT2D eigenvalue weighted by Crippen LogP contribution is -2.32. The standard InChI is InChI=1S/C18H22N4O6/c23-16(19-8-7-17(24)20-9-1-2-10-20)4-3-11-21-14-6-5-13(22(26)27)12-15(14)28-18(21)25/h5-6,12H,1-4,7-11H2,(H,19,23). The van der Waals surface area contributed by atoms with Crippen LogP contribution in [0, 0.1) is 10.1 Å². The highest BCUT2D eigenvalue weighted by atomic mass is 16.6. The summed E-state index contributed by atoms with van der Waals surface area (Å²) in [5, 5.41) is 13.5. The molecule has 2 heterocycles. The number of benzene rings is 1. The van der Waals surface area contributed by atoms with Crippen LogP contribution in [0.15, 0.2) is 27.4 Å². The first-order valence-corrected chi connectivity index (χ1v) is 9.28. The molecule has 10 heteroatoms. The van der Waals surface area contributed by atoms with Gasteiger partial charge >= 0.3 is 5.76 Å². The van der Waals surface area contributed by atoms with E-state index in [0.717, 1.165) is 25.9 Å². The number of rotatable bonds is 8. The van der Waals surface area contributed by atoms with Crippen molar-refractivity contribution >= 4 is 28.6 Å². The van der Waals surface area contributed by atoms with Gasteiger partial charge < -0.3 is 14.6 Å². The third kappa shape index (κ3) is 4.56. The molecule has 28 heavy (non-hydrogen) atoms. The van der Waals surface area contributed by atoms with Gasteiger partial charge in [0, 0.05) is 45.1 Å². The first kappa shape index (κ1) is 19.6. The van der Waals surface area contributed by atoms with Gasteiger partial charge in [-0.05, 0) is 25.3 Å². The lowest BCUT2D eigenvalue weighted by atomic mass is 10.2. The fraction of sp³-hybridized carbons (Fsp3) is 0.500. The maximum atomic E-state index is 12.0. The van der Waals surface area contributed by atoms with Gasteiger partial charge in [0.05, 0.1) is 16.5 Å². The molecule has 1 aliphatic rings. The number of carbonyl (C=O) groups excluding carboxylic acids is 2. The Labute approximate surface area is 160 Å². The topological polar surface area (TPSA) is 128 Å². The number of likely N-dealkylation sites (tertiary alicyclic amines) is 1. The molecule has 1 aromatic carbocycles. The Morgan fingerprint density at radius 3 is 2.68 bits per heavy atom. The van der Waals surface area contributed by atoms with E-state index in [1.165, 1.54) is 22.8 Å². The van der Waals surface area contributed by atoms with Gasteiger partial charge in [-0.15, -0.1) is 0 Å². The van der Waals surface area contributed by atoms with Crippen LogP contribution in [-0.4, -0.2) is 45.8 Å². The smallest absolute Gasteiger partial charge is 0.407 e. The number of amides is 2. The molecule has 1 fully saturated rings. The first-order valence-electron chi connectivity index (χ1n) is 9.28. The minimum Gasteiger partial charge on any atom is -0.407 e. The summed E-state index contributed by atoms with van der Waals surface area (Å²) >= 11 is 0. The molecule has 0 saturated carbocycles. The predicted molar refractivity (Wildman–Crippen MR) is 99.8 cm³/mol. The quantitative estimate of drug-likeness (QED) is 0.536. The monoisotopic (exact) mass is 390 g/mol. The molecule has 0 unspecified atom stereocenters. The molecule has 1 aliphatic heterocycles. The molecule has 0 radical (unpaired) electrons. The molecule has 150 valence electrons. The number of non-ortho nitro benzene ring substituents is 1. The number of nitrogens with zero attached hydrogens (tertiary/aromatic N) is 3. The van der Waals surface area contributed by atoms with E-state index in [-0.39, 0.29) is 42.5 Å². The molecule has 0 aliphatic carbocycles. The minimum absolute atomic E-state index is 0.0586. The number of oxazole rings is 1. The molecular weight excluding hydrogens is 368 g/mol. The molecule has 1 saturated heterocycles. The van der Waals surface area contributed by atoms with Crippen molar-refractivity contribution in [2.45, 2.75) is 38.6 Å². The predicted octanol–water partition coefficient (Wildman–Crippen LogP) is 1.41. The van der Waals surface area contributed by atoms with Crippen LogP contribution >= 0.6 is 0 Å².